The number of ether oxygens (including phenoxy) is 1. The maximum atomic E-state index is 12.3. The molecule has 1 aromatic carbocycles. The fraction of sp³-hybridized carbons (Fsp3) is 0.444. The summed E-state index contributed by atoms with van der Waals surface area (Å²) < 4.78 is 4.69. The minimum atomic E-state index is -0.438. The summed E-state index contributed by atoms with van der Waals surface area (Å²) in [5, 5.41) is 2.79. The minimum Gasteiger partial charge on any atom is -0.453 e. The van der Waals surface area contributed by atoms with Crippen LogP contribution in [0.25, 0.3) is 0 Å². The van der Waals surface area contributed by atoms with Gasteiger partial charge in [-0.15, -0.1) is 0 Å². The molecule has 2 aliphatic rings. The number of amides is 4. The summed E-state index contributed by atoms with van der Waals surface area (Å²) in [4.78, 5) is 50.7. The summed E-state index contributed by atoms with van der Waals surface area (Å²) in [6.45, 7) is 1.35. The molecule has 0 aromatic heterocycles. The van der Waals surface area contributed by atoms with E-state index in [1.807, 2.05) is 0 Å². The molecule has 0 unspecified atom stereocenters. The van der Waals surface area contributed by atoms with Gasteiger partial charge in [-0.05, 0) is 30.9 Å². The maximum absolute atomic E-state index is 12.3. The number of nitrogens with one attached hydrogen (secondary N) is 1. The first-order valence-electron chi connectivity index (χ1n) is 8.56. The molecule has 1 aromatic rings. The van der Waals surface area contributed by atoms with E-state index in [2.05, 4.69) is 5.32 Å². The molecule has 2 aliphatic heterocycles. The van der Waals surface area contributed by atoms with Gasteiger partial charge in [0, 0.05) is 19.6 Å². The van der Waals surface area contributed by atoms with E-state index in [0.717, 1.165) is 17.7 Å². The van der Waals surface area contributed by atoms with Crippen LogP contribution >= 0.6 is 0 Å². The molecule has 1 saturated heterocycles. The van der Waals surface area contributed by atoms with Crippen LogP contribution in [0.2, 0.25) is 0 Å². The van der Waals surface area contributed by atoms with Gasteiger partial charge in [-0.1, -0.05) is 12.1 Å². The zero-order valence-electron chi connectivity index (χ0n) is 14.6. The molecule has 26 heavy (non-hydrogen) atoms. The van der Waals surface area contributed by atoms with Crippen LogP contribution in [0.15, 0.2) is 24.3 Å². The summed E-state index contributed by atoms with van der Waals surface area (Å²) >= 11 is 0. The van der Waals surface area contributed by atoms with E-state index < -0.39 is 11.8 Å². The molecule has 0 aliphatic carbocycles. The molecule has 1 fully saturated rings. The molecule has 3 rings (SSSR count). The number of hydrogen-bond acceptors (Lipinski definition) is 5. The maximum Gasteiger partial charge on any atom is 0.409 e. The van der Waals surface area contributed by atoms with Crippen molar-refractivity contribution in [2.24, 2.45) is 5.92 Å². The lowest BCUT2D eigenvalue weighted by Gasteiger charge is -2.31. The number of benzene rings is 1. The molecule has 0 atom stereocenters. The Morgan fingerprint density at radius 2 is 1.69 bits per heavy atom. The van der Waals surface area contributed by atoms with Gasteiger partial charge in [0.15, 0.2) is 0 Å². The molecule has 2 heterocycles. The summed E-state index contributed by atoms with van der Waals surface area (Å²) in [6, 6.07) is 6.55. The summed E-state index contributed by atoms with van der Waals surface area (Å²) in [6.07, 6.45) is 1.20. The van der Waals surface area contributed by atoms with Gasteiger partial charge in [0.25, 0.3) is 11.8 Å². The largest absolute Gasteiger partial charge is 0.453 e. The molecule has 8 heteroatoms. The summed E-state index contributed by atoms with van der Waals surface area (Å²) in [7, 11) is 1.36. The average Bonchev–Trinajstić information content (AvgIpc) is 2.91. The molecule has 0 bridgehead atoms. The second-order valence-corrected chi connectivity index (χ2v) is 6.45. The Hall–Kier alpha value is -2.90. The number of carbonyl (C=O) groups is 4. The molecule has 4 amide bonds. The van der Waals surface area contributed by atoms with Crippen LogP contribution < -0.4 is 5.32 Å². The van der Waals surface area contributed by atoms with Gasteiger partial charge in [-0.25, -0.2) is 4.79 Å². The molecule has 0 spiro atoms. The lowest BCUT2D eigenvalue weighted by atomic mass is 9.97. The Morgan fingerprint density at radius 1 is 1.12 bits per heavy atom. The Labute approximate surface area is 151 Å². The normalized spacial score (nSPS) is 17.3. The van der Waals surface area contributed by atoms with Crippen LogP contribution in [0.4, 0.5) is 4.79 Å². The lowest BCUT2D eigenvalue weighted by molar-refractivity contribution is -0.121. The van der Waals surface area contributed by atoms with Crippen molar-refractivity contribution in [3.63, 3.8) is 0 Å². The molecular weight excluding hydrogens is 338 g/mol. The molecule has 1 N–H and O–H groups in total. The van der Waals surface area contributed by atoms with E-state index in [1.54, 1.807) is 29.2 Å². The number of rotatable bonds is 4. The SMILES string of the molecule is COC(=O)N1CCC(CNC(=O)CN2C(=O)c3ccccc3C2=O)CC1. The predicted molar refractivity (Wildman–Crippen MR) is 91.5 cm³/mol. The van der Waals surface area contributed by atoms with E-state index in [4.69, 9.17) is 4.74 Å². The van der Waals surface area contributed by atoms with Crippen LogP contribution in [0.3, 0.4) is 0 Å². The Balaban J connectivity index is 1.47. The number of fused-ring (bicyclic) bond motifs is 1. The van der Waals surface area contributed by atoms with Crippen LogP contribution in [-0.2, 0) is 9.53 Å². The van der Waals surface area contributed by atoms with Crippen molar-refractivity contribution in [2.75, 3.05) is 33.3 Å². The van der Waals surface area contributed by atoms with Crippen molar-refractivity contribution >= 4 is 23.8 Å². The Kier molecular flexibility index (Phi) is 5.20. The number of methoxy groups -OCH3 is 1. The van der Waals surface area contributed by atoms with Gasteiger partial charge in [-0.3, -0.25) is 19.3 Å². The average molecular weight is 359 g/mol. The fourth-order valence-corrected chi connectivity index (χ4v) is 3.29. The number of piperidine rings is 1. The quantitative estimate of drug-likeness (QED) is 0.805. The van der Waals surface area contributed by atoms with E-state index >= 15 is 0 Å². The zero-order chi connectivity index (χ0) is 18.7. The highest BCUT2D eigenvalue weighted by molar-refractivity contribution is 6.22. The zero-order valence-corrected chi connectivity index (χ0v) is 14.6. The molecule has 138 valence electrons. The first-order valence-corrected chi connectivity index (χ1v) is 8.56. The number of likely N-dealkylation sites (tertiary alicyclic amines) is 1. The van der Waals surface area contributed by atoms with Gasteiger partial charge in [0.05, 0.1) is 18.2 Å². The number of carbonyl (C=O) groups excluding carboxylic acids is 4. The third-order valence-corrected chi connectivity index (χ3v) is 4.82. The third-order valence-electron chi connectivity index (χ3n) is 4.82. The second-order valence-electron chi connectivity index (χ2n) is 6.45. The highest BCUT2D eigenvalue weighted by Gasteiger charge is 2.36. The molecule has 0 saturated carbocycles. The first-order chi connectivity index (χ1) is 12.5. The molecular formula is C18H21N3O5. The third kappa shape index (κ3) is 3.54. The Morgan fingerprint density at radius 3 is 2.23 bits per heavy atom. The van der Waals surface area contributed by atoms with Crippen molar-refractivity contribution in [2.45, 2.75) is 12.8 Å². The lowest BCUT2D eigenvalue weighted by Crippen LogP contribution is -2.44. The van der Waals surface area contributed by atoms with Gasteiger partial charge in [0.1, 0.15) is 6.54 Å². The monoisotopic (exact) mass is 359 g/mol. The van der Waals surface area contributed by atoms with E-state index in [1.165, 1.54) is 7.11 Å². The first kappa shape index (κ1) is 17.9. The van der Waals surface area contributed by atoms with Gasteiger partial charge >= 0.3 is 6.09 Å². The van der Waals surface area contributed by atoms with E-state index in [9.17, 15) is 19.2 Å². The summed E-state index contributed by atoms with van der Waals surface area (Å²) in [5.41, 5.74) is 0.668. The van der Waals surface area contributed by atoms with Crippen LogP contribution in [0.5, 0.6) is 0 Å². The highest BCUT2D eigenvalue weighted by Crippen LogP contribution is 2.22. The fourth-order valence-electron chi connectivity index (χ4n) is 3.29. The van der Waals surface area contributed by atoms with Crippen molar-refractivity contribution in [1.29, 1.82) is 0 Å². The van der Waals surface area contributed by atoms with Crippen molar-refractivity contribution in [3.05, 3.63) is 35.4 Å². The summed E-state index contributed by atoms with van der Waals surface area (Å²) in [5.74, 6) is -0.990. The number of hydrogen-bond donors (Lipinski definition) is 1. The molecule has 8 nitrogen and oxygen atoms in total. The Bertz CT molecular complexity index is 705. The minimum absolute atomic E-state index is 0.252. The van der Waals surface area contributed by atoms with Crippen LogP contribution in [0, 0.1) is 5.92 Å². The topological polar surface area (TPSA) is 96.0 Å². The van der Waals surface area contributed by atoms with E-state index in [-0.39, 0.29) is 24.5 Å². The molecule has 0 radical (unpaired) electrons. The van der Waals surface area contributed by atoms with Crippen LogP contribution in [0.1, 0.15) is 33.6 Å². The van der Waals surface area contributed by atoms with Gasteiger partial charge < -0.3 is 15.0 Å². The highest BCUT2D eigenvalue weighted by atomic mass is 16.5. The van der Waals surface area contributed by atoms with Crippen molar-refractivity contribution in [3.8, 4) is 0 Å². The second kappa shape index (κ2) is 7.55. The van der Waals surface area contributed by atoms with Crippen molar-refractivity contribution in [1.82, 2.24) is 15.1 Å². The van der Waals surface area contributed by atoms with Crippen LogP contribution in [-0.4, -0.2) is 66.9 Å². The standard InChI is InChI=1S/C18H21N3O5/c1-26-18(25)20-8-6-12(7-9-20)10-19-15(22)11-21-16(23)13-4-2-3-5-14(13)17(21)24/h2-5,12H,6-11H2,1H3,(H,19,22). The van der Waals surface area contributed by atoms with Gasteiger partial charge in [0.2, 0.25) is 5.91 Å². The smallest absolute Gasteiger partial charge is 0.409 e. The number of imide groups is 1. The van der Waals surface area contributed by atoms with Crippen molar-refractivity contribution < 1.29 is 23.9 Å². The number of nitrogens with zero attached hydrogens (tertiary/aromatic N) is 2. The van der Waals surface area contributed by atoms with E-state index in [0.29, 0.717) is 30.8 Å². The predicted octanol–water partition coefficient (Wildman–Crippen LogP) is 0.877. The van der Waals surface area contributed by atoms with Gasteiger partial charge in [-0.2, -0.15) is 0 Å².